The molecule has 1 aliphatic heterocycles. The van der Waals surface area contributed by atoms with Crippen LogP contribution in [0.15, 0.2) is 18.2 Å². The van der Waals surface area contributed by atoms with E-state index >= 15 is 0 Å². The topological polar surface area (TPSA) is 75.9 Å². The zero-order chi connectivity index (χ0) is 16.1. The van der Waals surface area contributed by atoms with Crippen LogP contribution < -0.4 is 4.74 Å². The quantitative estimate of drug-likeness (QED) is 0.605. The molecule has 7 nitrogen and oxygen atoms in total. The summed E-state index contributed by atoms with van der Waals surface area (Å²) in [6, 6.07) is 3.33. The molecule has 1 aromatic rings. The number of nitro benzene ring substituents is 1. The Kier molecular flexibility index (Phi) is 5.26. The molecule has 1 heterocycles. The number of nitrogens with zero attached hydrogens (tertiary/aromatic N) is 3. The van der Waals surface area contributed by atoms with Gasteiger partial charge in [-0.15, -0.1) is 0 Å². The monoisotopic (exact) mass is 311 g/mol. The van der Waals surface area contributed by atoms with Crippen LogP contribution in [-0.4, -0.2) is 60.0 Å². The number of piperazine rings is 1. The van der Waals surface area contributed by atoms with E-state index in [1.807, 2.05) is 0 Å². The van der Waals surface area contributed by atoms with Gasteiger partial charge in [0.2, 0.25) is 5.91 Å². The molecule has 0 aromatic heterocycles. The van der Waals surface area contributed by atoms with Gasteiger partial charge in [0.25, 0.3) is 5.69 Å². The van der Waals surface area contributed by atoms with E-state index in [0.717, 1.165) is 19.2 Å². The molecule has 2 rings (SSSR count). The third-order valence-electron chi connectivity index (χ3n) is 3.61. The van der Waals surface area contributed by atoms with Gasteiger partial charge in [-0.25, -0.2) is 4.39 Å². The summed E-state index contributed by atoms with van der Waals surface area (Å²) in [6.45, 7) is 5.33. The van der Waals surface area contributed by atoms with Crippen molar-refractivity contribution in [1.29, 1.82) is 0 Å². The highest BCUT2D eigenvalue weighted by molar-refractivity contribution is 5.73. The molecule has 1 aromatic carbocycles. The van der Waals surface area contributed by atoms with Crippen LogP contribution in [0.2, 0.25) is 0 Å². The molecule has 1 aliphatic rings. The summed E-state index contributed by atoms with van der Waals surface area (Å²) in [4.78, 5) is 25.0. The SMILES string of the molecule is CC(=O)N1CCN(CCOc2ccc([N+](=O)[O-])cc2F)CC1. The van der Waals surface area contributed by atoms with Crippen molar-refractivity contribution in [3.63, 3.8) is 0 Å². The molecule has 0 atom stereocenters. The highest BCUT2D eigenvalue weighted by atomic mass is 19.1. The van der Waals surface area contributed by atoms with Crippen molar-refractivity contribution in [2.45, 2.75) is 6.92 Å². The highest BCUT2D eigenvalue weighted by Gasteiger charge is 2.18. The second-order valence-corrected chi connectivity index (χ2v) is 5.07. The standard InChI is InChI=1S/C14H18FN3O4/c1-11(19)17-6-4-16(5-7-17)8-9-22-14-3-2-12(18(20)21)10-13(14)15/h2-3,10H,4-9H2,1H3. The lowest BCUT2D eigenvalue weighted by atomic mass is 10.3. The van der Waals surface area contributed by atoms with Crippen molar-refractivity contribution >= 4 is 11.6 Å². The van der Waals surface area contributed by atoms with E-state index in [9.17, 15) is 19.3 Å². The van der Waals surface area contributed by atoms with E-state index in [4.69, 9.17) is 4.74 Å². The molecule has 22 heavy (non-hydrogen) atoms. The Labute approximate surface area is 127 Å². The van der Waals surface area contributed by atoms with Crippen LogP contribution >= 0.6 is 0 Å². The first-order valence-electron chi connectivity index (χ1n) is 7.02. The van der Waals surface area contributed by atoms with Crippen LogP contribution in [0.5, 0.6) is 5.75 Å². The molecule has 0 bridgehead atoms. The van der Waals surface area contributed by atoms with Crippen molar-refractivity contribution in [1.82, 2.24) is 9.80 Å². The molecule has 0 spiro atoms. The minimum absolute atomic E-state index is 0.00738. The first-order valence-corrected chi connectivity index (χ1v) is 7.02. The number of carbonyl (C=O) groups excluding carboxylic acids is 1. The summed E-state index contributed by atoms with van der Waals surface area (Å²) in [5.74, 6) is -0.660. The summed E-state index contributed by atoms with van der Waals surface area (Å²) in [7, 11) is 0. The van der Waals surface area contributed by atoms with Gasteiger partial charge in [0.1, 0.15) is 6.61 Å². The second-order valence-electron chi connectivity index (χ2n) is 5.07. The van der Waals surface area contributed by atoms with Gasteiger partial charge in [0, 0.05) is 45.7 Å². The number of nitro groups is 1. The Morgan fingerprint density at radius 1 is 1.36 bits per heavy atom. The molecule has 0 unspecified atom stereocenters. The Balaban J connectivity index is 1.77. The number of benzene rings is 1. The summed E-state index contributed by atoms with van der Waals surface area (Å²) < 4.78 is 19.0. The van der Waals surface area contributed by atoms with Crippen LogP contribution in [0.25, 0.3) is 0 Å². The summed E-state index contributed by atoms with van der Waals surface area (Å²) in [5, 5.41) is 10.5. The van der Waals surface area contributed by atoms with Crippen LogP contribution in [0, 0.1) is 15.9 Å². The molecule has 0 radical (unpaired) electrons. The van der Waals surface area contributed by atoms with Crippen LogP contribution in [0.1, 0.15) is 6.92 Å². The van der Waals surface area contributed by atoms with Crippen LogP contribution in [0.4, 0.5) is 10.1 Å². The maximum absolute atomic E-state index is 13.6. The van der Waals surface area contributed by atoms with E-state index in [1.165, 1.54) is 12.1 Å². The molecule has 8 heteroatoms. The second kappa shape index (κ2) is 7.17. The van der Waals surface area contributed by atoms with E-state index in [1.54, 1.807) is 11.8 Å². The lowest BCUT2D eigenvalue weighted by Crippen LogP contribution is -2.48. The predicted octanol–water partition coefficient (Wildman–Crippen LogP) is 1.28. The normalized spacial score (nSPS) is 15.6. The summed E-state index contributed by atoms with van der Waals surface area (Å²) in [5.41, 5.74) is -0.301. The lowest BCUT2D eigenvalue weighted by Gasteiger charge is -2.34. The largest absolute Gasteiger partial charge is 0.489 e. The number of amides is 1. The first kappa shape index (κ1) is 16.2. The smallest absolute Gasteiger partial charge is 0.272 e. The number of carbonyl (C=O) groups is 1. The van der Waals surface area contributed by atoms with Crippen LogP contribution in [-0.2, 0) is 4.79 Å². The van der Waals surface area contributed by atoms with Gasteiger partial charge in [-0.3, -0.25) is 19.8 Å². The number of rotatable bonds is 5. The fourth-order valence-corrected chi connectivity index (χ4v) is 2.29. The zero-order valence-electron chi connectivity index (χ0n) is 12.3. The minimum Gasteiger partial charge on any atom is -0.489 e. The molecule has 1 fully saturated rings. The zero-order valence-corrected chi connectivity index (χ0v) is 12.3. The van der Waals surface area contributed by atoms with Gasteiger partial charge in [0.15, 0.2) is 11.6 Å². The highest BCUT2D eigenvalue weighted by Crippen LogP contribution is 2.22. The van der Waals surface area contributed by atoms with E-state index < -0.39 is 10.7 Å². The van der Waals surface area contributed by atoms with Crippen molar-refractivity contribution in [2.24, 2.45) is 0 Å². The fourth-order valence-electron chi connectivity index (χ4n) is 2.29. The lowest BCUT2D eigenvalue weighted by molar-refractivity contribution is -0.385. The van der Waals surface area contributed by atoms with Crippen molar-refractivity contribution in [3.8, 4) is 5.75 Å². The maximum atomic E-state index is 13.6. The summed E-state index contributed by atoms with van der Waals surface area (Å²) in [6.07, 6.45) is 0. The molecule has 0 saturated carbocycles. The van der Waals surface area contributed by atoms with Crippen molar-refractivity contribution in [2.75, 3.05) is 39.3 Å². The van der Waals surface area contributed by atoms with Gasteiger partial charge < -0.3 is 9.64 Å². The third-order valence-corrected chi connectivity index (χ3v) is 3.61. The average molecular weight is 311 g/mol. The molecular formula is C14H18FN3O4. The first-order chi connectivity index (χ1) is 10.5. The van der Waals surface area contributed by atoms with Gasteiger partial charge in [-0.2, -0.15) is 0 Å². The minimum atomic E-state index is -0.740. The number of hydrogen-bond donors (Lipinski definition) is 0. The number of non-ortho nitro benzene ring substituents is 1. The van der Waals surface area contributed by atoms with Gasteiger partial charge in [-0.05, 0) is 6.07 Å². The molecular weight excluding hydrogens is 293 g/mol. The van der Waals surface area contributed by atoms with Crippen LogP contribution in [0.3, 0.4) is 0 Å². The molecule has 0 N–H and O–H groups in total. The Morgan fingerprint density at radius 2 is 2.05 bits per heavy atom. The third kappa shape index (κ3) is 4.14. The molecule has 1 saturated heterocycles. The summed E-state index contributed by atoms with van der Waals surface area (Å²) >= 11 is 0. The Bertz CT molecular complexity index is 559. The Morgan fingerprint density at radius 3 is 2.59 bits per heavy atom. The number of halogens is 1. The van der Waals surface area contributed by atoms with E-state index in [0.29, 0.717) is 19.6 Å². The average Bonchev–Trinajstić information content (AvgIpc) is 2.49. The van der Waals surface area contributed by atoms with E-state index in [2.05, 4.69) is 4.90 Å². The van der Waals surface area contributed by atoms with Crippen molar-refractivity contribution < 1.29 is 18.8 Å². The maximum Gasteiger partial charge on any atom is 0.272 e. The van der Waals surface area contributed by atoms with Gasteiger partial charge in [0.05, 0.1) is 11.0 Å². The molecule has 0 aliphatic carbocycles. The predicted molar refractivity (Wildman–Crippen MR) is 77.2 cm³/mol. The fraction of sp³-hybridized carbons (Fsp3) is 0.500. The molecule has 1 amide bonds. The Hall–Kier alpha value is -2.22. The molecule has 120 valence electrons. The van der Waals surface area contributed by atoms with Gasteiger partial charge in [-0.1, -0.05) is 0 Å². The number of ether oxygens (including phenoxy) is 1. The van der Waals surface area contributed by atoms with E-state index in [-0.39, 0.29) is 24.0 Å². The van der Waals surface area contributed by atoms with Gasteiger partial charge >= 0.3 is 0 Å². The van der Waals surface area contributed by atoms with Crippen molar-refractivity contribution in [3.05, 3.63) is 34.1 Å². The number of hydrogen-bond acceptors (Lipinski definition) is 5.